The lowest BCUT2D eigenvalue weighted by Gasteiger charge is -2.07. The number of carbonyl (C=O) groups excluding carboxylic acids is 1. The second-order valence-electron chi connectivity index (χ2n) is 6.23. The summed E-state index contributed by atoms with van der Waals surface area (Å²) in [6, 6.07) is 19.1. The van der Waals surface area contributed by atoms with E-state index in [1.807, 2.05) is 42.5 Å². The predicted octanol–water partition coefficient (Wildman–Crippen LogP) is 3.15. The fourth-order valence-corrected chi connectivity index (χ4v) is 2.80. The van der Waals surface area contributed by atoms with Crippen molar-refractivity contribution in [3.63, 3.8) is 0 Å². The van der Waals surface area contributed by atoms with Gasteiger partial charge in [0.1, 0.15) is 18.1 Å². The van der Waals surface area contributed by atoms with Crippen molar-refractivity contribution in [3.8, 4) is 34.8 Å². The first-order valence-electron chi connectivity index (χ1n) is 9.14. The average molecular weight is 389 g/mol. The summed E-state index contributed by atoms with van der Waals surface area (Å²) < 4.78 is 21.6. The van der Waals surface area contributed by atoms with Crippen molar-refractivity contribution in [1.29, 1.82) is 0 Å². The Balaban J connectivity index is 1.16. The molecule has 6 heteroatoms. The van der Waals surface area contributed by atoms with E-state index < -0.39 is 0 Å². The van der Waals surface area contributed by atoms with E-state index >= 15 is 0 Å². The minimum Gasteiger partial charge on any atom is -0.484 e. The Morgan fingerprint density at radius 2 is 1.69 bits per heavy atom. The Morgan fingerprint density at radius 3 is 2.62 bits per heavy atom. The fraction of sp³-hybridized carbons (Fsp3) is 0.174. The summed E-state index contributed by atoms with van der Waals surface area (Å²) in [4.78, 5) is 11.9. The molecule has 0 atom stereocenters. The van der Waals surface area contributed by atoms with Crippen molar-refractivity contribution < 1.29 is 23.7 Å². The summed E-state index contributed by atoms with van der Waals surface area (Å²) in [6.45, 7) is 0.601. The molecule has 0 fully saturated rings. The van der Waals surface area contributed by atoms with E-state index in [0.29, 0.717) is 23.0 Å². The van der Waals surface area contributed by atoms with Crippen LogP contribution >= 0.6 is 0 Å². The number of rotatable bonds is 6. The van der Waals surface area contributed by atoms with Gasteiger partial charge in [-0.15, -0.1) is 0 Å². The standard InChI is InChI=1S/C23H19NO5/c25-23(15-27-19-8-7-17-5-1-2-6-18(17)13-19)24-11-3-4-12-26-20-9-10-21-22(14-20)29-16-28-21/h1-2,5-10,13-14H,11-12,15-16H2,(H,24,25). The third-order valence-electron chi connectivity index (χ3n) is 4.24. The summed E-state index contributed by atoms with van der Waals surface area (Å²) in [7, 11) is 0. The van der Waals surface area contributed by atoms with Gasteiger partial charge in [-0.2, -0.15) is 0 Å². The highest BCUT2D eigenvalue weighted by Gasteiger charge is 2.13. The normalized spacial score (nSPS) is 11.4. The number of ether oxygens (including phenoxy) is 4. The van der Waals surface area contributed by atoms with Crippen LogP contribution in [-0.2, 0) is 4.79 Å². The lowest BCUT2D eigenvalue weighted by atomic mass is 10.1. The van der Waals surface area contributed by atoms with Crippen LogP contribution in [0.5, 0.6) is 23.0 Å². The lowest BCUT2D eigenvalue weighted by molar-refractivity contribution is -0.122. The summed E-state index contributed by atoms with van der Waals surface area (Å²) in [5, 5.41) is 4.89. The molecule has 1 aliphatic heterocycles. The first kappa shape index (κ1) is 18.5. The Hall–Kier alpha value is -3.85. The first-order chi connectivity index (χ1) is 14.3. The van der Waals surface area contributed by atoms with Gasteiger partial charge in [-0.05, 0) is 35.0 Å². The van der Waals surface area contributed by atoms with E-state index in [0.717, 1.165) is 10.8 Å². The molecule has 146 valence electrons. The predicted molar refractivity (Wildman–Crippen MR) is 108 cm³/mol. The van der Waals surface area contributed by atoms with E-state index in [1.165, 1.54) is 0 Å². The van der Waals surface area contributed by atoms with Crippen molar-refractivity contribution in [2.75, 3.05) is 26.6 Å². The van der Waals surface area contributed by atoms with Gasteiger partial charge in [0.05, 0.1) is 6.54 Å². The smallest absolute Gasteiger partial charge is 0.258 e. The molecule has 3 aromatic carbocycles. The third-order valence-corrected chi connectivity index (χ3v) is 4.24. The van der Waals surface area contributed by atoms with E-state index in [1.54, 1.807) is 18.2 Å². The third kappa shape index (κ3) is 4.90. The fourth-order valence-electron chi connectivity index (χ4n) is 2.80. The monoisotopic (exact) mass is 389 g/mol. The molecule has 1 N–H and O–H groups in total. The van der Waals surface area contributed by atoms with Crippen LogP contribution in [0.2, 0.25) is 0 Å². The minimum absolute atomic E-state index is 0.0618. The van der Waals surface area contributed by atoms with Crippen LogP contribution in [0.1, 0.15) is 0 Å². The molecular formula is C23H19NO5. The number of benzene rings is 3. The van der Waals surface area contributed by atoms with Crippen LogP contribution in [0.25, 0.3) is 10.8 Å². The summed E-state index contributed by atoms with van der Waals surface area (Å²) >= 11 is 0. The van der Waals surface area contributed by atoms with E-state index in [2.05, 4.69) is 17.2 Å². The molecule has 29 heavy (non-hydrogen) atoms. The molecule has 6 nitrogen and oxygen atoms in total. The zero-order valence-electron chi connectivity index (χ0n) is 15.6. The summed E-state index contributed by atoms with van der Waals surface area (Å²) in [5.41, 5.74) is 0. The van der Waals surface area contributed by atoms with Crippen LogP contribution in [0.15, 0.2) is 60.7 Å². The molecule has 0 aromatic heterocycles. The topological polar surface area (TPSA) is 66.0 Å². The maximum atomic E-state index is 11.9. The molecule has 0 radical (unpaired) electrons. The molecule has 0 aliphatic carbocycles. The van der Waals surface area contributed by atoms with Gasteiger partial charge >= 0.3 is 0 Å². The highest BCUT2D eigenvalue weighted by atomic mass is 16.7. The van der Waals surface area contributed by atoms with Crippen LogP contribution in [-0.4, -0.2) is 32.5 Å². The molecule has 4 rings (SSSR count). The SMILES string of the molecule is O=C(COc1ccc2ccccc2c1)NCC#CCOc1ccc2c(c1)OCO2. The number of hydrogen-bond acceptors (Lipinski definition) is 5. The van der Waals surface area contributed by atoms with Crippen molar-refractivity contribution >= 4 is 16.7 Å². The quantitative estimate of drug-likeness (QED) is 0.656. The van der Waals surface area contributed by atoms with E-state index in [-0.39, 0.29) is 32.5 Å². The zero-order valence-corrected chi connectivity index (χ0v) is 15.6. The van der Waals surface area contributed by atoms with Gasteiger partial charge in [0.2, 0.25) is 6.79 Å². The van der Waals surface area contributed by atoms with Gasteiger partial charge in [-0.3, -0.25) is 4.79 Å². The highest BCUT2D eigenvalue weighted by Crippen LogP contribution is 2.34. The molecule has 0 bridgehead atoms. The zero-order chi connectivity index (χ0) is 19.9. The van der Waals surface area contributed by atoms with Gasteiger partial charge in [-0.25, -0.2) is 0 Å². The van der Waals surface area contributed by atoms with Crippen molar-refractivity contribution in [1.82, 2.24) is 5.32 Å². The highest BCUT2D eigenvalue weighted by molar-refractivity contribution is 5.84. The molecule has 1 aliphatic rings. The maximum Gasteiger partial charge on any atom is 0.258 e. The van der Waals surface area contributed by atoms with Crippen molar-refractivity contribution in [2.45, 2.75) is 0 Å². The summed E-state index contributed by atoms with van der Waals surface area (Å²) in [5.74, 6) is 8.13. The first-order valence-corrected chi connectivity index (χ1v) is 9.14. The van der Waals surface area contributed by atoms with E-state index in [4.69, 9.17) is 18.9 Å². The van der Waals surface area contributed by atoms with Crippen LogP contribution in [0, 0.1) is 11.8 Å². The summed E-state index contributed by atoms with van der Waals surface area (Å²) in [6.07, 6.45) is 0. The maximum absolute atomic E-state index is 11.9. The number of fused-ring (bicyclic) bond motifs is 2. The van der Waals surface area contributed by atoms with Crippen molar-refractivity contribution in [3.05, 3.63) is 60.7 Å². The molecule has 3 aromatic rings. The Morgan fingerprint density at radius 1 is 0.897 bits per heavy atom. The van der Waals surface area contributed by atoms with Gasteiger partial charge in [0, 0.05) is 6.07 Å². The van der Waals surface area contributed by atoms with Gasteiger partial charge in [-0.1, -0.05) is 42.2 Å². The van der Waals surface area contributed by atoms with Crippen LogP contribution < -0.4 is 24.3 Å². The number of carbonyl (C=O) groups is 1. The molecule has 0 unspecified atom stereocenters. The molecule has 1 heterocycles. The largest absolute Gasteiger partial charge is 0.484 e. The second kappa shape index (κ2) is 8.89. The van der Waals surface area contributed by atoms with Crippen LogP contribution in [0.4, 0.5) is 0 Å². The Kier molecular flexibility index (Phi) is 5.68. The Labute approximate surface area is 168 Å². The lowest BCUT2D eigenvalue weighted by Crippen LogP contribution is -2.29. The average Bonchev–Trinajstić information content (AvgIpc) is 3.22. The molecule has 0 saturated carbocycles. The number of nitrogens with one attached hydrogen (secondary N) is 1. The number of hydrogen-bond donors (Lipinski definition) is 1. The molecule has 0 spiro atoms. The van der Waals surface area contributed by atoms with Gasteiger partial charge < -0.3 is 24.3 Å². The van der Waals surface area contributed by atoms with Crippen molar-refractivity contribution in [2.24, 2.45) is 0 Å². The van der Waals surface area contributed by atoms with Crippen LogP contribution in [0.3, 0.4) is 0 Å². The number of amides is 1. The minimum atomic E-state index is -0.232. The Bertz CT molecular complexity index is 1080. The molecular weight excluding hydrogens is 370 g/mol. The van der Waals surface area contributed by atoms with Gasteiger partial charge in [0.25, 0.3) is 5.91 Å². The molecule has 0 saturated heterocycles. The second-order valence-corrected chi connectivity index (χ2v) is 6.23. The molecule has 1 amide bonds. The van der Waals surface area contributed by atoms with E-state index in [9.17, 15) is 4.79 Å². The van der Waals surface area contributed by atoms with Gasteiger partial charge in [0.15, 0.2) is 18.1 Å².